The van der Waals surface area contributed by atoms with Gasteiger partial charge in [-0.15, -0.1) is 11.3 Å². The zero-order valence-corrected chi connectivity index (χ0v) is 11.0. The molecular weight excluding hydrogens is 250 g/mol. The number of rotatable bonds is 3. The Morgan fingerprint density at radius 1 is 1.67 bits per heavy atom. The Morgan fingerprint density at radius 2 is 2.56 bits per heavy atom. The van der Waals surface area contributed by atoms with E-state index in [-0.39, 0.29) is 12.0 Å². The summed E-state index contributed by atoms with van der Waals surface area (Å²) in [5.41, 5.74) is 0.472. The van der Waals surface area contributed by atoms with Crippen molar-refractivity contribution < 1.29 is 9.53 Å². The standard InChI is InChI=1S/C12H15N3O2S/c1-8-6-15-7-10(14-12(15)18-8)11(16)13-5-9-3-2-4-17-9/h6-7,9H,2-5H2,1H3,(H,13,16). The number of aryl methyl sites for hydroxylation is 1. The maximum Gasteiger partial charge on any atom is 0.271 e. The summed E-state index contributed by atoms with van der Waals surface area (Å²) in [5, 5.41) is 2.87. The van der Waals surface area contributed by atoms with E-state index >= 15 is 0 Å². The van der Waals surface area contributed by atoms with Gasteiger partial charge in [0.1, 0.15) is 5.69 Å². The molecule has 0 saturated carbocycles. The average Bonchev–Trinajstić information content (AvgIpc) is 3.00. The van der Waals surface area contributed by atoms with Crippen molar-refractivity contribution in [3.05, 3.63) is 23.0 Å². The lowest BCUT2D eigenvalue weighted by atomic mass is 10.2. The highest BCUT2D eigenvalue weighted by Gasteiger charge is 2.18. The fourth-order valence-corrected chi connectivity index (χ4v) is 2.93. The number of hydrogen-bond donors (Lipinski definition) is 1. The van der Waals surface area contributed by atoms with Crippen LogP contribution in [0.5, 0.6) is 0 Å². The molecule has 2 aromatic heterocycles. The molecule has 1 fully saturated rings. The third-order valence-corrected chi connectivity index (χ3v) is 3.93. The van der Waals surface area contributed by atoms with Crippen molar-refractivity contribution in [2.45, 2.75) is 25.9 Å². The Balaban J connectivity index is 1.65. The Hall–Kier alpha value is -1.40. The second kappa shape index (κ2) is 4.70. The van der Waals surface area contributed by atoms with Gasteiger partial charge >= 0.3 is 0 Å². The lowest BCUT2D eigenvalue weighted by Gasteiger charge is -2.09. The molecule has 6 heteroatoms. The van der Waals surface area contributed by atoms with Crippen LogP contribution in [0, 0.1) is 6.92 Å². The predicted octanol–water partition coefficient (Wildman–Crippen LogP) is 1.61. The first-order valence-electron chi connectivity index (χ1n) is 6.07. The van der Waals surface area contributed by atoms with E-state index in [1.807, 2.05) is 17.5 Å². The fourth-order valence-electron chi connectivity index (χ4n) is 2.12. The largest absolute Gasteiger partial charge is 0.376 e. The van der Waals surface area contributed by atoms with E-state index in [0.29, 0.717) is 12.2 Å². The SMILES string of the molecule is Cc1cn2cc(C(=O)NCC3CCCO3)nc2s1. The molecule has 1 amide bonds. The van der Waals surface area contributed by atoms with Crippen LogP contribution < -0.4 is 5.32 Å². The highest BCUT2D eigenvalue weighted by molar-refractivity contribution is 7.17. The number of imidazole rings is 1. The Bertz CT molecular complexity index is 537. The second-order valence-corrected chi connectivity index (χ2v) is 5.72. The number of nitrogens with one attached hydrogen (secondary N) is 1. The number of carbonyl (C=O) groups is 1. The molecule has 0 aromatic carbocycles. The van der Waals surface area contributed by atoms with Gasteiger partial charge in [-0.2, -0.15) is 0 Å². The molecule has 18 heavy (non-hydrogen) atoms. The van der Waals surface area contributed by atoms with Crippen molar-refractivity contribution in [2.24, 2.45) is 0 Å². The molecular formula is C12H15N3O2S. The average molecular weight is 265 g/mol. The van der Waals surface area contributed by atoms with Crippen LogP contribution in [0.2, 0.25) is 0 Å². The van der Waals surface area contributed by atoms with Gasteiger partial charge in [0.25, 0.3) is 5.91 Å². The van der Waals surface area contributed by atoms with Crippen molar-refractivity contribution in [2.75, 3.05) is 13.2 Å². The Labute approximate surface area is 109 Å². The molecule has 1 N–H and O–H groups in total. The molecule has 0 spiro atoms. The highest BCUT2D eigenvalue weighted by atomic mass is 32.1. The van der Waals surface area contributed by atoms with Gasteiger partial charge in [0.15, 0.2) is 4.96 Å². The molecule has 1 atom stereocenters. The normalized spacial score (nSPS) is 19.5. The van der Waals surface area contributed by atoms with E-state index in [1.54, 1.807) is 17.5 Å². The minimum Gasteiger partial charge on any atom is -0.376 e. The Morgan fingerprint density at radius 3 is 3.28 bits per heavy atom. The van der Waals surface area contributed by atoms with Crippen molar-refractivity contribution in [3.63, 3.8) is 0 Å². The van der Waals surface area contributed by atoms with E-state index in [1.165, 1.54) is 4.88 Å². The summed E-state index contributed by atoms with van der Waals surface area (Å²) in [7, 11) is 0. The van der Waals surface area contributed by atoms with Crippen molar-refractivity contribution in [1.29, 1.82) is 0 Å². The summed E-state index contributed by atoms with van der Waals surface area (Å²) in [6, 6.07) is 0. The van der Waals surface area contributed by atoms with E-state index in [2.05, 4.69) is 10.3 Å². The first-order chi connectivity index (χ1) is 8.72. The van der Waals surface area contributed by atoms with Crippen molar-refractivity contribution >= 4 is 22.2 Å². The number of thiazole rings is 1. The van der Waals surface area contributed by atoms with Crippen molar-refractivity contribution in [3.8, 4) is 0 Å². The molecule has 3 rings (SSSR count). The lowest BCUT2D eigenvalue weighted by Crippen LogP contribution is -2.31. The summed E-state index contributed by atoms with van der Waals surface area (Å²) in [6.07, 6.45) is 6.02. The maximum absolute atomic E-state index is 11.9. The molecule has 0 bridgehead atoms. The van der Waals surface area contributed by atoms with E-state index in [4.69, 9.17) is 4.74 Å². The summed E-state index contributed by atoms with van der Waals surface area (Å²) < 4.78 is 7.35. The highest BCUT2D eigenvalue weighted by Crippen LogP contribution is 2.16. The van der Waals surface area contributed by atoms with Crippen LogP contribution in [0.3, 0.4) is 0 Å². The van der Waals surface area contributed by atoms with Crippen LogP contribution in [0.1, 0.15) is 28.2 Å². The van der Waals surface area contributed by atoms with E-state index < -0.39 is 0 Å². The molecule has 1 unspecified atom stereocenters. The van der Waals surface area contributed by atoms with Gasteiger partial charge in [0, 0.05) is 30.4 Å². The maximum atomic E-state index is 11.9. The minimum absolute atomic E-state index is 0.126. The molecule has 2 aromatic rings. The third kappa shape index (κ3) is 2.26. The zero-order valence-electron chi connectivity index (χ0n) is 10.2. The smallest absolute Gasteiger partial charge is 0.271 e. The van der Waals surface area contributed by atoms with Gasteiger partial charge in [-0.1, -0.05) is 0 Å². The molecule has 1 aliphatic heterocycles. The van der Waals surface area contributed by atoms with Crippen molar-refractivity contribution in [1.82, 2.24) is 14.7 Å². The molecule has 0 radical (unpaired) electrons. The quantitative estimate of drug-likeness (QED) is 0.917. The second-order valence-electron chi connectivity index (χ2n) is 4.50. The summed E-state index contributed by atoms with van der Waals surface area (Å²) >= 11 is 1.58. The number of aromatic nitrogens is 2. The van der Waals surface area contributed by atoms with E-state index in [0.717, 1.165) is 24.4 Å². The first kappa shape index (κ1) is 11.7. The molecule has 1 aliphatic rings. The van der Waals surface area contributed by atoms with Crippen LogP contribution in [-0.2, 0) is 4.74 Å². The lowest BCUT2D eigenvalue weighted by molar-refractivity contribution is 0.0854. The zero-order chi connectivity index (χ0) is 12.5. The van der Waals surface area contributed by atoms with Gasteiger partial charge < -0.3 is 10.1 Å². The number of ether oxygens (including phenoxy) is 1. The number of hydrogen-bond acceptors (Lipinski definition) is 4. The summed E-state index contributed by atoms with van der Waals surface area (Å²) in [5.74, 6) is -0.126. The van der Waals surface area contributed by atoms with Gasteiger partial charge in [-0.25, -0.2) is 4.98 Å². The molecule has 5 nitrogen and oxygen atoms in total. The predicted molar refractivity (Wildman–Crippen MR) is 69.1 cm³/mol. The van der Waals surface area contributed by atoms with Crippen LogP contribution in [0.25, 0.3) is 4.96 Å². The number of fused-ring (bicyclic) bond motifs is 1. The molecule has 1 saturated heterocycles. The number of nitrogens with zero attached hydrogens (tertiary/aromatic N) is 2. The number of carbonyl (C=O) groups excluding carboxylic acids is 1. The minimum atomic E-state index is -0.126. The fraction of sp³-hybridized carbons (Fsp3) is 0.500. The number of amides is 1. The molecule has 0 aliphatic carbocycles. The van der Waals surface area contributed by atoms with Crippen LogP contribution in [0.4, 0.5) is 0 Å². The van der Waals surface area contributed by atoms with E-state index in [9.17, 15) is 4.79 Å². The van der Waals surface area contributed by atoms with Gasteiger partial charge in [0.05, 0.1) is 6.10 Å². The monoisotopic (exact) mass is 265 g/mol. The van der Waals surface area contributed by atoms with Crippen LogP contribution >= 0.6 is 11.3 Å². The first-order valence-corrected chi connectivity index (χ1v) is 6.89. The summed E-state index contributed by atoms with van der Waals surface area (Å²) in [6.45, 7) is 3.40. The van der Waals surface area contributed by atoms with Crippen LogP contribution in [-0.4, -0.2) is 34.5 Å². The third-order valence-electron chi connectivity index (χ3n) is 3.02. The van der Waals surface area contributed by atoms with Gasteiger partial charge in [-0.05, 0) is 19.8 Å². The van der Waals surface area contributed by atoms with Gasteiger partial charge in [-0.3, -0.25) is 9.20 Å². The summed E-state index contributed by atoms with van der Waals surface area (Å²) in [4.78, 5) is 18.3. The molecule has 96 valence electrons. The Kier molecular flexibility index (Phi) is 3.05. The molecule has 3 heterocycles. The van der Waals surface area contributed by atoms with Gasteiger partial charge in [0.2, 0.25) is 0 Å². The van der Waals surface area contributed by atoms with Crippen LogP contribution in [0.15, 0.2) is 12.4 Å². The topological polar surface area (TPSA) is 55.6 Å².